The molecule has 1 nitrogen and oxygen atoms in total. The zero-order valence-corrected chi connectivity index (χ0v) is 5.87. The van der Waals surface area contributed by atoms with E-state index in [4.69, 9.17) is 0 Å². The molecular weight excluding hydrogens is 150 g/mol. The van der Waals surface area contributed by atoms with Crippen molar-refractivity contribution >= 4 is 5.09 Å². The van der Waals surface area contributed by atoms with Crippen LogP contribution in [0.2, 0.25) is 0 Å². The molecule has 0 aromatic heterocycles. The van der Waals surface area contributed by atoms with Crippen LogP contribution in [0.4, 0.5) is 0 Å². The van der Waals surface area contributed by atoms with Crippen molar-refractivity contribution in [2.45, 2.75) is 0 Å². The van der Waals surface area contributed by atoms with Gasteiger partial charge in [0, 0.05) is 0 Å². The van der Waals surface area contributed by atoms with Crippen molar-refractivity contribution in [1.29, 1.82) is 0 Å². The van der Waals surface area contributed by atoms with E-state index in [0.29, 0.717) is 0 Å². The van der Waals surface area contributed by atoms with Crippen LogP contribution in [0.3, 0.4) is 0 Å². The van der Waals surface area contributed by atoms with Gasteiger partial charge in [0.05, 0.1) is 0 Å². The monoisotopic (exact) mass is 153 g/mol. The molecule has 0 radical (unpaired) electrons. The van der Waals surface area contributed by atoms with Crippen molar-refractivity contribution in [2.24, 2.45) is 0 Å². The van der Waals surface area contributed by atoms with Gasteiger partial charge in [-0.15, -0.1) is 0 Å². The summed E-state index contributed by atoms with van der Waals surface area (Å²) in [5.41, 5.74) is 0. The average molecular weight is 154 g/mol. The zero-order chi connectivity index (χ0) is 3.58. The Labute approximate surface area is 40.7 Å². The fourth-order valence-electron chi connectivity index (χ4n) is 0. The van der Waals surface area contributed by atoms with E-state index in [-0.39, 0.29) is 0 Å². The fourth-order valence-corrected chi connectivity index (χ4v) is 0. The number of hydrogen-bond acceptors (Lipinski definition) is 1. The molecule has 1 atom stereocenters. The summed E-state index contributed by atoms with van der Waals surface area (Å²) >= 11 is 1.18. The Morgan fingerprint density at radius 2 is 2.00 bits per heavy atom. The molecule has 0 N–H and O–H groups in total. The van der Waals surface area contributed by atoms with E-state index in [1.54, 1.807) is 6.66 Å². The van der Waals surface area contributed by atoms with Gasteiger partial charge in [-0.2, -0.15) is 0 Å². The van der Waals surface area contributed by atoms with Crippen LogP contribution in [0, 0.1) is 0 Å². The Morgan fingerprint density at radius 3 is 2.00 bits per heavy atom. The van der Waals surface area contributed by atoms with Crippen LogP contribution in [0.15, 0.2) is 0 Å². The second kappa shape index (κ2) is 2.36. The predicted molar refractivity (Wildman–Crippen MR) is 14.9 cm³/mol. The quantitative estimate of drug-likeness (QED) is 0.468. The first-order chi connectivity index (χ1) is 1.73. The van der Waals surface area contributed by atoms with Crippen LogP contribution in [0.5, 0.6) is 0 Å². The summed E-state index contributed by atoms with van der Waals surface area (Å²) in [4.78, 5) is 0. The summed E-state index contributed by atoms with van der Waals surface area (Å²) < 4.78 is 9.67. The molecule has 0 saturated heterocycles. The van der Waals surface area contributed by atoms with E-state index < -0.39 is 5.09 Å². The van der Waals surface area contributed by atoms with E-state index in [1.165, 1.54) is 24.1 Å². The summed E-state index contributed by atoms with van der Waals surface area (Å²) in [6, 6.07) is 0. The van der Waals surface area contributed by atoms with Gasteiger partial charge in [-0.05, 0) is 0 Å². The molecule has 0 aliphatic carbocycles. The van der Waals surface area contributed by atoms with Crippen molar-refractivity contribution < 1.29 is 28.7 Å². The molecule has 4 heavy (non-hydrogen) atoms. The third kappa shape index (κ3) is 11.2. The molecule has 0 heterocycles. The van der Waals surface area contributed by atoms with Gasteiger partial charge in [0.1, 0.15) is 0 Å². The molecular formula is CH4OPZr. The van der Waals surface area contributed by atoms with Gasteiger partial charge in [-0.1, -0.05) is 0 Å². The molecule has 1 unspecified atom stereocenters. The van der Waals surface area contributed by atoms with Crippen LogP contribution < -0.4 is 0 Å². The second-order valence-corrected chi connectivity index (χ2v) is 6.86. The summed E-state index contributed by atoms with van der Waals surface area (Å²) in [6.45, 7) is 1.75. The first-order valence-corrected chi connectivity index (χ1v) is 6.55. The molecule has 0 aromatic carbocycles. The normalized spacial score (nSPS) is 15.0. The van der Waals surface area contributed by atoms with Gasteiger partial charge in [-0.3, -0.25) is 0 Å². The average Bonchev–Trinajstić information content (AvgIpc) is 0.811. The first kappa shape index (κ1) is 5.11. The summed E-state index contributed by atoms with van der Waals surface area (Å²) in [5.74, 6) is 0. The third-order valence-electron chi connectivity index (χ3n) is 0. The second-order valence-electron chi connectivity index (χ2n) is 0.556. The van der Waals surface area contributed by atoms with Crippen molar-refractivity contribution in [3.05, 3.63) is 0 Å². The van der Waals surface area contributed by atoms with Gasteiger partial charge in [0.15, 0.2) is 0 Å². The summed E-state index contributed by atoms with van der Waals surface area (Å²) in [7, 11) is 0. The van der Waals surface area contributed by atoms with E-state index in [9.17, 15) is 4.57 Å². The molecule has 0 bridgehead atoms. The minimum atomic E-state index is -1.04. The van der Waals surface area contributed by atoms with E-state index in [2.05, 4.69) is 0 Å². The summed E-state index contributed by atoms with van der Waals surface area (Å²) in [6.07, 6.45) is 0. The maximum atomic E-state index is 9.67. The van der Waals surface area contributed by atoms with Crippen molar-refractivity contribution in [1.82, 2.24) is 0 Å². The maximum absolute atomic E-state index is 9.67. The molecule has 0 aromatic rings. The van der Waals surface area contributed by atoms with Gasteiger partial charge >= 0.3 is 40.5 Å². The third-order valence-corrected chi connectivity index (χ3v) is 0. The van der Waals surface area contributed by atoms with Crippen molar-refractivity contribution in [3.8, 4) is 0 Å². The Balaban J connectivity index is 2.80. The van der Waals surface area contributed by atoms with Crippen LogP contribution in [0.1, 0.15) is 0 Å². The zero-order valence-electron chi connectivity index (χ0n) is 2.41. The number of rotatable bonds is 0. The Morgan fingerprint density at radius 1 is 2.00 bits per heavy atom. The van der Waals surface area contributed by atoms with Gasteiger partial charge in [0.2, 0.25) is 0 Å². The van der Waals surface area contributed by atoms with Crippen LogP contribution in [0.25, 0.3) is 0 Å². The van der Waals surface area contributed by atoms with E-state index in [0.717, 1.165) is 0 Å². The SMILES string of the molecule is C[PH](=O)[Zr]. The van der Waals surface area contributed by atoms with Crippen molar-refractivity contribution in [2.75, 3.05) is 6.66 Å². The van der Waals surface area contributed by atoms with Crippen LogP contribution in [-0.4, -0.2) is 6.66 Å². The fraction of sp³-hybridized carbons (Fsp3) is 1.00. The standard InChI is InChI=1S/CH3OP.Zr/c1-3-2;/h1H3;/q;-1/p+1. The summed E-state index contributed by atoms with van der Waals surface area (Å²) in [5, 5.41) is -1.04. The molecule has 0 saturated carbocycles. The molecule has 0 fully saturated rings. The molecule has 0 amide bonds. The Bertz CT molecular complexity index is 31.0. The molecule has 0 aliphatic rings. The van der Waals surface area contributed by atoms with E-state index >= 15 is 0 Å². The first-order valence-electron chi connectivity index (χ1n) is 0.954. The molecule has 23 valence electrons. The minimum absolute atomic E-state index is 1.04. The molecule has 3 heteroatoms. The predicted octanol–water partition coefficient (Wildman–Crippen LogP) is 0.638. The Hall–Kier alpha value is 1.11. The number of hydrogen-bond donors (Lipinski definition) is 0. The molecule has 0 aliphatic heterocycles. The van der Waals surface area contributed by atoms with E-state index in [1.807, 2.05) is 0 Å². The molecule has 0 spiro atoms. The topological polar surface area (TPSA) is 17.1 Å². The van der Waals surface area contributed by atoms with Gasteiger partial charge < -0.3 is 0 Å². The van der Waals surface area contributed by atoms with Crippen molar-refractivity contribution in [3.63, 3.8) is 0 Å². The Kier molecular flexibility index (Phi) is 3.01. The van der Waals surface area contributed by atoms with Gasteiger partial charge in [0.25, 0.3) is 0 Å². The molecule has 0 rings (SSSR count). The van der Waals surface area contributed by atoms with Crippen LogP contribution in [-0.2, 0) is 28.7 Å². The van der Waals surface area contributed by atoms with Gasteiger partial charge in [-0.25, -0.2) is 0 Å². The van der Waals surface area contributed by atoms with Crippen LogP contribution >= 0.6 is 5.09 Å².